The maximum Gasteiger partial charge on any atom is 0.0313 e. The van der Waals surface area contributed by atoms with Gasteiger partial charge in [0.05, 0.1) is 0 Å². The molecule has 5 rings (SSSR count). The van der Waals surface area contributed by atoms with Crippen molar-refractivity contribution in [2.45, 2.75) is 5.92 Å². The molecule has 2 atom stereocenters. The lowest BCUT2D eigenvalue weighted by molar-refractivity contribution is 1.09. The van der Waals surface area contributed by atoms with Crippen molar-refractivity contribution in [2.24, 2.45) is 0 Å². The van der Waals surface area contributed by atoms with Gasteiger partial charge in [-0.05, 0) is 43.8 Å². The Morgan fingerprint density at radius 2 is 1.64 bits per heavy atom. The minimum absolute atomic E-state index is 0.471. The molecule has 0 N–H and O–H groups in total. The molecule has 0 saturated heterocycles. The number of fused-ring (bicyclic) bond motifs is 5. The lowest BCUT2D eigenvalue weighted by atomic mass is 9.93. The van der Waals surface area contributed by atoms with Crippen molar-refractivity contribution >= 4 is 35.8 Å². The van der Waals surface area contributed by atoms with Crippen LogP contribution in [0.5, 0.6) is 0 Å². The van der Waals surface area contributed by atoms with Crippen LogP contribution in [-0.2, 0) is 0 Å². The second-order valence-electron chi connectivity index (χ2n) is 5.91. The highest BCUT2D eigenvalue weighted by molar-refractivity contribution is 7.30. The van der Waals surface area contributed by atoms with Gasteiger partial charge in [-0.2, -0.15) is 0 Å². The summed E-state index contributed by atoms with van der Waals surface area (Å²) in [6.45, 7) is 0. The van der Waals surface area contributed by atoms with Crippen molar-refractivity contribution in [1.29, 1.82) is 0 Å². The lowest BCUT2D eigenvalue weighted by Gasteiger charge is -2.12. The fraction of sp³-hybridized carbons (Fsp3) is 0.0476. The Bertz CT molecular complexity index is 1020. The molecule has 0 aliphatic heterocycles. The van der Waals surface area contributed by atoms with Gasteiger partial charge in [-0.25, -0.2) is 0 Å². The summed E-state index contributed by atoms with van der Waals surface area (Å²) >= 11 is 0. The second kappa shape index (κ2) is 4.60. The molecule has 1 heterocycles. The largest absolute Gasteiger partial charge is 0.136 e. The zero-order valence-electron chi connectivity index (χ0n) is 12.1. The van der Waals surface area contributed by atoms with Gasteiger partial charge in [0.2, 0.25) is 0 Å². The van der Waals surface area contributed by atoms with E-state index in [-0.39, 0.29) is 0 Å². The molecule has 0 bridgehead atoms. The van der Waals surface area contributed by atoms with Gasteiger partial charge in [-0.15, -0.1) is 8.19 Å². The Hall–Kier alpha value is -2.30. The second-order valence-corrected chi connectivity index (χ2v) is 7.11. The highest BCUT2D eigenvalue weighted by atomic mass is 31.0. The summed E-state index contributed by atoms with van der Waals surface area (Å²) in [6, 6.07) is 22.3. The van der Waals surface area contributed by atoms with Crippen LogP contribution in [0.3, 0.4) is 0 Å². The van der Waals surface area contributed by atoms with E-state index in [2.05, 4.69) is 78.6 Å². The Morgan fingerprint density at radius 1 is 0.727 bits per heavy atom. The standard InChI is InChI=1S/C21H15P/c1-2-5-15-14(4-1)7-8-17-16(15)9-10-19-18(17)11-12-20(19)21-6-3-13-22-21/h1-13,20,22H. The monoisotopic (exact) mass is 298 g/mol. The molecule has 0 radical (unpaired) electrons. The van der Waals surface area contributed by atoms with E-state index < -0.39 is 0 Å². The molecule has 0 spiro atoms. The zero-order valence-corrected chi connectivity index (χ0v) is 13.1. The third-order valence-corrected chi connectivity index (χ3v) is 5.92. The predicted molar refractivity (Wildman–Crippen MR) is 98.3 cm³/mol. The Balaban J connectivity index is 1.81. The Morgan fingerprint density at radius 3 is 2.55 bits per heavy atom. The molecule has 22 heavy (non-hydrogen) atoms. The van der Waals surface area contributed by atoms with E-state index in [4.69, 9.17) is 0 Å². The number of allylic oxidation sites excluding steroid dienone is 1. The first-order valence-electron chi connectivity index (χ1n) is 7.68. The predicted octanol–water partition coefficient (Wildman–Crippen LogP) is 6.18. The van der Waals surface area contributed by atoms with Gasteiger partial charge in [0.15, 0.2) is 0 Å². The minimum Gasteiger partial charge on any atom is -0.136 e. The molecule has 1 aliphatic rings. The topological polar surface area (TPSA) is 0 Å². The fourth-order valence-corrected chi connectivity index (χ4v) is 4.70. The average Bonchev–Trinajstić information content (AvgIpc) is 3.23. The van der Waals surface area contributed by atoms with E-state index in [1.807, 2.05) is 0 Å². The van der Waals surface area contributed by atoms with E-state index in [9.17, 15) is 0 Å². The Kier molecular flexibility index (Phi) is 2.56. The highest BCUT2D eigenvalue weighted by Gasteiger charge is 2.21. The van der Waals surface area contributed by atoms with E-state index in [1.165, 1.54) is 38.0 Å². The molecule has 2 unspecified atom stereocenters. The highest BCUT2D eigenvalue weighted by Crippen LogP contribution is 2.42. The van der Waals surface area contributed by atoms with Gasteiger partial charge in [-0.1, -0.05) is 72.8 Å². The molecule has 3 aromatic carbocycles. The first kappa shape index (κ1) is 12.3. The molecule has 0 saturated carbocycles. The van der Waals surface area contributed by atoms with Gasteiger partial charge in [0, 0.05) is 5.92 Å². The van der Waals surface area contributed by atoms with Crippen LogP contribution in [0, 0.1) is 0 Å². The summed E-state index contributed by atoms with van der Waals surface area (Å²) in [6.07, 6.45) is 4.69. The van der Waals surface area contributed by atoms with Crippen molar-refractivity contribution in [3.05, 3.63) is 89.0 Å². The van der Waals surface area contributed by atoms with Crippen molar-refractivity contribution in [2.75, 3.05) is 0 Å². The van der Waals surface area contributed by atoms with Crippen molar-refractivity contribution in [3.63, 3.8) is 0 Å². The summed E-state index contributed by atoms with van der Waals surface area (Å²) in [5.41, 5.74) is 2.87. The third kappa shape index (κ3) is 1.65. The van der Waals surface area contributed by atoms with Crippen LogP contribution in [0.1, 0.15) is 22.3 Å². The maximum absolute atomic E-state index is 2.37. The molecular formula is C21H15P. The molecule has 0 nitrogen and oxygen atoms in total. The van der Waals surface area contributed by atoms with Crippen LogP contribution < -0.4 is 0 Å². The first-order chi connectivity index (χ1) is 10.9. The average molecular weight is 298 g/mol. The van der Waals surface area contributed by atoms with Crippen molar-refractivity contribution in [3.8, 4) is 0 Å². The Labute approximate surface area is 131 Å². The number of hydrogen-bond acceptors (Lipinski definition) is 0. The van der Waals surface area contributed by atoms with Crippen LogP contribution in [0.2, 0.25) is 0 Å². The minimum atomic E-state index is 0.471. The number of rotatable bonds is 1. The zero-order chi connectivity index (χ0) is 14.5. The molecule has 0 fully saturated rings. The van der Waals surface area contributed by atoms with Crippen molar-refractivity contribution < 1.29 is 0 Å². The van der Waals surface area contributed by atoms with Gasteiger partial charge < -0.3 is 0 Å². The third-order valence-electron chi connectivity index (χ3n) is 4.75. The molecule has 0 amide bonds. The summed E-state index contributed by atoms with van der Waals surface area (Å²) < 4.78 is 0. The first-order valence-corrected chi connectivity index (χ1v) is 8.75. The summed E-state index contributed by atoms with van der Waals surface area (Å²) in [5.74, 6) is 2.75. The molecule has 1 aromatic heterocycles. The summed E-state index contributed by atoms with van der Waals surface area (Å²) in [4.78, 5) is 0. The lowest BCUT2D eigenvalue weighted by Crippen LogP contribution is -1.93. The molecule has 104 valence electrons. The maximum atomic E-state index is 2.37. The molecule has 1 aliphatic carbocycles. The summed E-state index contributed by atoms with van der Waals surface area (Å²) in [7, 11) is 0.837. The van der Waals surface area contributed by atoms with Crippen LogP contribution in [0.25, 0.3) is 27.6 Å². The smallest absolute Gasteiger partial charge is 0.0313 e. The summed E-state index contributed by atoms with van der Waals surface area (Å²) in [5, 5.41) is 6.95. The van der Waals surface area contributed by atoms with Crippen LogP contribution in [-0.4, -0.2) is 0 Å². The van der Waals surface area contributed by atoms with E-state index >= 15 is 0 Å². The van der Waals surface area contributed by atoms with Crippen LogP contribution in [0.15, 0.2) is 72.5 Å². The molecular weight excluding hydrogens is 283 g/mol. The quantitative estimate of drug-likeness (QED) is 0.368. The molecule has 1 heteroatoms. The number of hydrogen-bond donors (Lipinski definition) is 0. The van der Waals surface area contributed by atoms with E-state index in [0.29, 0.717) is 5.92 Å². The van der Waals surface area contributed by atoms with E-state index in [1.54, 1.807) is 0 Å². The fourth-order valence-electron chi connectivity index (χ4n) is 3.69. The van der Waals surface area contributed by atoms with Gasteiger partial charge >= 0.3 is 0 Å². The number of benzene rings is 3. The van der Waals surface area contributed by atoms with Gasteiger partial charge in [0.1, 0.15) is 0 Å². The van der Waals surface area contributed by atoms with Gasteiger partial charge in [0.25, 0.3) is 0 Å². The van der Waals surface area contributed by atoms with E-state index in [0.717, 1.165) is 8.19 Å². The van der Waals surface area contributed by atoms with Crippen molar-refractivity contribution in [1.82, 2.24) is 0 Å². The van der Waals surface area contributed by atoms with Crippen LogP contribution >= 0.6 is 8.19 Å². The van der Waals surface area contributed by atoms with Crippen LogP contribution in [0.4, 0.5) is 0 Å². The molecule has 4 aromatic rings. The SMILES string of the molecule is C1=CC(c2ccc[pH]2)c2ccc3c(ccc4ccccc43)c21. The normalized spacial score (nSPS) is 16.8. The van der Waals surface area contributed by atoms with Gasteiger partial charge in [-0.3, -0.25) is 0 Å².